The van der Waals surface area contributed by atoms with Gasteiger partial charge in [-0.3, -0.25) is 14.7 Å². The highest BCUT2D eigenvalue weighted by atomic mass is 16.2. The van der Waals surface area contributed by atoms with Crippen LogP contribution in [0.4, 0.5) is 5.69 Å². The van der Waals surface area contributed by atoms with E-state index in [9.17, 15) is 4.79 Å². The van der Waals surface area contributed by atoms with E-state index in [4.69, 9.17) is 0 Å². The number of hydrogen-bond acceptors (Lipinski definition) is 4. The summed E-state index contributed by atoms with van der Waals surface area (Å²) in [5, 5.41) is 0. The lowest BCUT2D eigenvalue weighted by atomic mass is 9.92. The number of benzene rings is 1. The highest BCUT2D eigenvalue weighted by Crippen LogP contribution is 2.30. The van der Waals surface area contributed by atoms with Gasteiger partial charge in [-0.2, -0.15) is 0 Å². The van der Waals surface area contributed by atoms with Crippen molar-refractivity contribution in [3.8, 4) is 0 Å². The van der Waals surface area contributed by atoms with Gasteiger partial charge in [-0.1, -0.05) is 12.1 Å². The van der Waals surface area contributed by atoms with Crippen molar-refractivity contribution in [2.75, 3.05) is 45.7 Å². The molecule has 0 radical (unpaired) electrons. The highest BCUT2D eigenvalue weighted by Gasteiger charge is 2.22. The highest BCUT2D eigenvalue weighted by molar-refractivity contribution is 5.93. The first-order valence-corrected chi connectivity index (χ1v) is 10.7. The minimum atomic E-state index is 0.00936. The molecule has 1 aromatic heterocycles. The lowest BCUT2D eigenvalue weighted by Crippen LogP contribution is -2.33. The van der Waals surface area contributed by atoms with Crippen LogP contribution in [-0.4, -0.2) is 61.5 Å². The Morgan fingerprint density at radius 2 is 1.93 bits per heavy atom. The summed E-state index contributed by atoms with van der Waals surface area (Å²) in [5.41, 5.74) is 6.12. The molecule has 3 heterocycles. The van der Waals surface area contributed by atoms with E-state index in [0.29, 0.717) is 11.5 Å². The van der Waals surface area contributed by atoms with E-state index >= 15 is 0 Å². The van der Waals surface area contributed by atoms with E-state index in [1.165, 1.54) is 29.7 Å². The smallest absolute Gasteiger partial charge is 0.254 e. The topological polar surface area (TPSA) is 39.7 Å². The van der Waals surface area contributed by atoms with Gasteiger partial charge in [0.15, 0.2) is 0 Å². The molecule has 2 aromatic rings. The molecule has 0 N–H and O–H groups in total. The number of aromatic nitrogens is 1. The average Bonchev–Trinajstić information content (AvgIpc) is 2.74. The van der Waals surface area contributed by atoms with Crippen LogP contribution < -0.4 is 4.90 Å². The van der Waals surface area contributed by atoms with Crippen molar-refractivity contribution in [1.82, 2.24) is 14.8 Å². The molecule has 1 amide bonds. The summed E-state index contributed by atoms with van der Waals surface area (Å²) in [5.74, 6) is 0.502. The van der Waals surface area contributed by atoms with Crippen LogP contribution in [0, 0.1) is 0 Å². The van der Waals surface area contributed by atoms with Gasteiger partial charge in [0.2, 0.25) is 0 Å². The second-order valence-corrected chi connectivity index (χ2v) is 8.71. The van der Waals surface area contributed by atoms with Crippen LogP contribution in [0.25, 0.3) is 0 Å². The van der Waals surface area contributed by atoms with E-state index in [0.717, 1.165) is 44.7 Å². The summed E-state index contributed by atoms with van der Waals surface area (Å²) in [6.45, 7) is 4.40. The molecule has 5 heteroatoms. The van der Waals surface area contributed by atoms with Gasteiger partial charge in [0, 0.05) is 57.7 Å². The summed E-state index contributed by atoms with van der Waals surface area (Å²) >= 11 is 0. The molecule has 5 nitrogen and oxygen atoms in total. The quantitative estimate of drug-likeness (QED) is 0.798. The minimum absolute atomic E-state index is 0.00936. The van der Waals surface area contributed by atoms with Gasteiger partial charge < -0.3 is 9.80 Å². The van der Waals surface area contributed by atoms with Crippen molar-refractivity contribution in [3.05, 3.63) is 58.9 Å². The Balaban J connectivity index is 1.33. The molecule has 0 aliphatic carbocycles. The molecule has 1 saturated heterocycles. The summed E-state index contributed by atoms with van der Waals surface area (Å²) in [6.07, 6.45) is 6.44. The van der Waals surface area contributed by atoms with Gasteiger partial charge in [0.25, 0.3) is 5.91 Å². The first-order chi connectivity index (χ1) is 14.0. The van der Waals surface area contributed by atoms with Crippen LogP contribution in [-0.2, 0) is 13.0 Å². The zero-order valence-electron chi connectivity index (χ0n) is 17.9. The molecule has 0 atom stereocenters. The van der Waals surface area contributed by atoms with E-state index in [1.807, 2.05) is 12.1 Å². The van der Waals surface area contributed by atoms with Crippen LogP contribution in [0.5, 0.6) is 0 Å². The Hall–Kier alpha value is -2.40. The number of nitrogens with zero attached hydrogens (tertiary/aromatic N) is 4. The van der Waals surface area contributed by atoms with E-state index in [1.54, 1.807) is 25.2 Å². The second-order valence-electron chi connectivity index (χ2n) is 8.71. The van der Waals surface area contributed by atoms with Crippen LogP contribution in [0.15, 0.2) is 36.5 Å². The van der Waals surface area contributed by atoms with Crippen LogP contribution in [0.3, 0.4) is 0 Å². The molecule has 1 fully saturated rings. The molecule has 2 aliphatic rings. The first-order valence-electron chi connectivity index (χ1n) is 10.7. The predicted molar refractivity (Wildman–Crippen MR) is 118 cm³/mol. The lowest BCUT2D eigenvalue weighted by Gasteiger charge is -2.32. The van der Waals surface area contributed by atoms with Crippen LogP contribution in [0.1, 0.15) is 52.4 Å². The van der Waals surface area contributed by atoms with E-state index < -0.39 is 0 Å². The predicted octanol–water partition coefficient (Wildman–Crippen LogP) is 3.55. The molecular formula is C24H32N4O. The Labute approximate surface area is 174 Å². The van der Waals surface area contributed by atoms with Crippen molar-refractivity contribution in [2.24, 2.45) is 0 Å². The van der Waals surface area contributed by atoms with Gasteiger partial charge in [-0.15, -0.1) is 0 Å². The average molecular weight is 393 g/mol. The molecule has 0 spiro atoms. The number of carbonyl (C=O) groups excluding carboxylic acids is 1. The summed E-state index contributed by atoms with van der Waals surface area (Å²) < 4.78 is 0. The maximum Gasteiger partial charge on any atom is 0.254 e. The number of carbonyl (C=O) groups is 1. The SMILES string of the molecule is CN(C)C(=O)c1ccc(C2CCN(Cc3ccc4c(c3)CCCN4C)CC2)nc1. The maximum absolute atomic E-state index is 12.0. The molecular weight excluding hydrogens is 360 g/mol. The first kappa shape index (κ1) is 19.9. The summed E-state index contributed by atoms with van der Waals surface area (Å²) in [4.78, 5) is 23.2. The third-order valence-corrected chi connectivity index (χ3v) is 6.35. The van der Waals surface area contributed by atoms with Crippen molar-refractivity contribution in [2.45, 2.75) is 38.1 Å². The molecule has 0 saturated carbocycles. The van der Waals surface area contributed by atoms with Crippen molar-refractivity contribution in [3.63, 3.8) is 0 Å². The van der Waals surface area contributed by atoms with E-state index in [-0.39, 0.29) is 5.91 Å². The molecule has 2 aliphatic heterocycles. The molecule has 1 aromatic carbocycles. The molecule has 154 valence electrons. The van der Waals surface area contributed by atoms with Crippen LogP contribution in [0.2, 0.25) is 0 Å². The summed E-state index contributed by atoms with van der Waals surface area (Å²) in [6, 6.07) is 11.0. The minimum Gasteiger partial charge on any atom is -0.374 e. The third kappa shape index (κ3) is 4.45. The van der Waals surface area contributed by atoms with Gasteiger partial charge in [0.05, 0.1) is 5.56 Å². The number of anilines is 1. The van der Waals surface area contributed by atoms with Gasteiger partial charge >= 0.3 is 0 Å². The number of hydrogen-bond donors (Lipinski definition) is 0. The fourth-order valence-electron chi connectivity index (χ4n) is 4.61. The van der Waals surface area contributed by atoms with Crippen molar-refractivity contribution < 1.29 is 4.79 Å². The Morgan fingerprint density at radius 1 is 1.14 bits per heavy atom. The number of pyridine rings is 1. The number of piperidine rings is 1. The molecule has 4 rings (SSSR count). The molecule has 0 unspecified atom stereocenters. The Kier molecular flexibility index (Phi) is 5.86. The second kappa shape index (κ2) is 8.54. The molecule has 29 heavy (non-hydrogen) atoms. The normalized spacial score (nSPS) is 17.8. The standard InChI is InChI=1S/C24H32N4O/c1-26(2)24(29)21-7-8-22(25-16-21)19-10-13-28(14-11-19)17-18-6-9-23-20(15-18)5-4-12-27(23)3/h6-9,15-16,19H,4-5,10-14,17H2,1-3H3. The van der Waals surface area contributed by atoms with Crippen LogP contribution >= 0.6 is 0 Å². The van der Waals surface area contributed by atoms with Crippen molar-refractivity contribution in [1.29, 1.82) is 0 Å². The number of aryl methyl sites for hydroxylation is 1. The zero-order chi connectivity index (χ0) is 20.4. The zero-order valence-corrected chi connectivity index (χ0v) is 17.9. The fourth-order valence-corrected chi connectivity index (χ4v) is 4.61. The Morgan fingerprint density at radius 3 is 2.62 bits per heavy atom. The van der Waals surface area contributed by atoms with Gasteiger partial charge in [0.1, 0.15) is 0 Å². The number of fused-ring (bicyclic) bond motifs is 1. The maximum atomic E-state index is 12.0. The number of likely N-dealkylation sites (tertiary alicyclic amines) is 1. The number of rotatable bonds is 4. The number of amides is 1. The Bertz CT molecular complexity index is 854. The van der Waals surface area contributed by atoms with Gasteiger partial charge in [-0.05, 0) is 68.1 Å². The lowest BCUT2D eigenvalue weighted by molar-refractivity contribution is 0.0827. The summed E-state index contributed by atoms with van der Waals surface area (Å²) in [7, 11) is 5.74. The third-order valence-electron chi connectivity index (χ3n) is 6.35. The van der Waals surface area contributed by atoms with Crippen molar-refractivity contribution >= 4 is 11.6 Å². The van der Waals surface area contributed by atoms with E-state index in [2.05, 4.69) is 40.0 Å². The van der Waals surface area contributed by atoms with Gasteiger partial charge in [-0.25, -0.2) is 0 Å². The molecule has 0 bridgehead atoms. The fraction of sp³-hybridized carbons (Fsp3) is 0.500. The monoisotopic (exact) mass is 392 g/mol. The largest absolute Gasteiger partial charge is 0.374 e.